The molecule has 1 fully saturated rings. The van der Waals surface area contributed by atoms with Crippen molar-refractivity contribution in [3.8, 4) is 5.75 Å². The zero-order valence-corrected chi connectivity index (χ0v) is 21.2. The average molecular weight is 477 g/mol. The Morgan fingerprint density at radius 2 is 1.57 bits per heavy atom. The van der Waals surface area contributed by atoms with Crippen LogP contribution in [0.15, 0.2) is 54.6 Å². The maximum Gasteiger partial charge on any atom is 0.257 e. The maximum atomic E-state index is 13.7. The molecule has 2 aliphatic rings. The summed E-state index contributed by atoms with van der Waals surface area (Å²) in [6.45, 7) is 4.63. The number of amides is 2. The van der Waals surface area contributed by atoms with Crippen LogP contribution in [0.5, 0.6) is 5.75 Å². The molecule has 1 aliphatic carbocycles. The molecule has 188 valence electrons. The van der Waals surface area contributed by atoms with Gasteiger partial charge in [0.1, 0.15) is 12.4 Å². The normalized spacial score (nSPS) is 20.7. The highest BCUT2D eigenvalue weighted by molar-refractivity contribution is 5.97. The molecule has 5 nitrogen and oxygen atoms in total. The van der Waals surface area contributed by atoms with Gasteiger partial charge in [-0.05, 0) is 56.7 Å². The van der Waals surface area contributed by atoms with Gasteiger partial charge < -0.3 is 14.5 Å². The third kappa shape index (κ3) is 6.65. The summed E-state index contributed by atoms with van der Waals surface area (Å²) in [5.74, 6) is 1.07. The van der Waals surface area contributed by atoms with Crippen molar-refractivity contribution >= 4 is 11.8 Å². The van der Waals surface area contributed by atoms with Gasteiger partial charge in [0.15, 0.2) is 0 Å². The van der Waals surface area contributed by atoms with E-state index in [0.717, 1.165) is 70.9 Å². The fourth-order valence-corrected chi connectivity index (χ4v) is 5.49. The molecule has 0 spiro atoms. The minimum atomic E-state index is -0.0705. The Kier molecular flexibility index (Phi) is 9.21. The van der Waals surface area contributed by atoms with Crippen LogP contribution < -0.4 is 4.74 Å². The molecular formula is C30H40N2O3. The van der Waals surface area contributed by atoms with Gasteiger partial charge in [-0.2, -0.15) is 0 Å². The van der Waals surface area contributed by atoms with Crippen LogP contribution in [-0.2, 0) is 11.2 Å². The lowest BCUT2D eigenvalue weighted by Crippen LogP contribution is -2.47. The number of hydrogen-bond acceptors (Lipinski definition) is 3. The fraction of sp³-hybridized carbons (Fsp3) is 0.533. The SMILES string of the molecule is CCN1CCCCCCN(C(=O)C2CCCC2)[C@@H](Cc2ccccc2)COc2ccccc2C1=O. The van der Waals surface area contributed by atoms with Gasteiger partial charge in [-0.15, -0.1) is 0 Å². The second-order valence-corrected chi connectivity index (χ2v) is 9.96. The van der Waals surface area contributed by atoms with Crippen molar-refractivity contribution in [3.63, 3.8) is 0 Å². The van der Waals surface area contributed by atoms with Gasteiger partial charge in [0.2, 0.25) is 5.91 Å². The molecule has 5 heteroatoms. The molecule has 4 rings (SSSR count). The van der Waals surface area contributed by atoms with Crippen molar-refractivity contribution in [1.82, 2.24) is 9.80 Å². The maximum absolute atomic E-state index is 13.7. The molecule has 0 aromatic heterocycles. The number of carbonyl (C=O) groups is 2. The predicted octanol–water partition coefficient (Wildman–Crippen LogP) is 5.73. The molecule has 1 atom stereocenters. The topological polar surface area (TPSA) is 49.9 Å². The number of fused-ring (bicyclic) bond motifs is 1. The van der Waals surface area contributed by atoms with Gasteiger partial charge >= 0.3 is 0 Å². The van der Waals surface area contributed by atoms with Crippen LogP contribution in [0.3, 0.4) is 0 Å². The summed E-state index contributed by atoms with van der Waals surface area (Å²) in [5, 5.41) is 0. The van der Waals surface area contributed by atoms with Gasteiger partial charge in [-0.3, -0.25) is 9.59 Å². The third-order valence-electron chi connectivity index (χ3n) is 7.54. The van der Waals surface area contributed by atoms with Gasteiger partial charge in [0.25, 0.3) is 5.91 Å². The zero-order valence-electron chi connectivity index (χ0n) is 21.2. The molecule has 0 saturated heterocycles. The molecule has 2 aromatic rings. The summed E-state index contributed by atoms with van der Waals surface area (Å²) in [6, 6.07) is 17.9. The van der Waals surface area contributed by atoms with Crippen LogP contribution in [0, 0.1) is 5.92 Å². The highest BCUT2D eigenvalue weighted by atomic mass is 16.5. The summed E-state index contributed by atoms with van der Waals surface area (Å²) < 4.78 is 6.38. The minimum absolute atomic E-state index is 0.0265. The molecule has 0 bridgehead atoms. The van der Waals surface area contributed by atoms with Gasteiger partial charge in [0.05, 0.1) is 11.6 Å². The molecule has 2 amide bonds. The highest BCUT2D eigenvalue weighted by Gasteiger charge is 2.32. The predicted molar refractivity (Wildman–Crippen MR) is 140 cm³/mol. The molecule has 1 heterocycles. The summed E-state index contributed by atoms with van der Waals surface area (Å²) in [6.07, 6.45) is 9.13. The first kappa shape index (κ1) is 25.3. The first-order valence-electron chi connectivity index (χ1n) is 13.5. The second kappa shape index (κ2) is 12.8. The summed E-state index contributed by atoms with van der Waals surface area (Å²) >= 11 is 0. The Bertz CT molecular complexity index is 955. The summed E-state index contributed by atoms with van der Waals surface area (Å²) in [5.41, 5.74) is 1.81. The zero-order chi connectivity index (χ0) is 24.5. The number of ether oxygens (including phenoxy) is 1. The van der Waals surface area contributed by atoms with Gasteiger partial charge in [-0.25, -0.2) is 0 Å². The molecule has 2 aromatic carbocycles. The molecule has 0 unspecified atom stereocenters. The van der Waals surface area contributed by atoms with Crippen molar-refractivity contribution in [2.24, 2.45) is 5.92 Å². The largest absolute Gasteiger partial charge is 0.491 e. The second-order valence-electron chi connectivity index (χ2n) is 9.96. The van der Waals surface area contributed by atoms with Crippen molar-refractivity contribution in [3.05, 3.63) is 65.7 Å². The van der Waals surface area contributed by atoms with Crippen LogP contribution in [0.25, 0.3) is 0 Å². The number of nitrogens with zero attached hydrogens (tertiary/aromatic N) is 2. The summed E-state index contributed by atoms with van der Waals surface area (Å²) in [4.78, 5) is 31.1. The molecule has 0 N–H and O–H groups in total. The monoisotopic (exact) mass is 476 g/mol. The number of para-hydroxylation sites is 1. The number of benzene rings is 2. The van der Waals surface area contributed by atoms with Crippen molar-refractivity contribution in [1.29, 1.82) is 0 Å². The van der Waals surface area contributed by atoms with Crippen LogP contribution in [0.2, 0.25) is 0 Å². The van der Waals surface area contributed by atoms with Crippen molar-refractivity contribution in [2.45, 2.75) is 70.8 Å². The Hall–Kier alpha value is -2.82. The lowest BCUT2D eigenvalue weighted by atomic mass is 10.00. The van der Waals surface area contributed by atoms with E-state index in [2.05, 4.69) is 29.2 Å². The third-order valence-corrected chi connectivity index (χ3v) is 7.54. The van der Waals surface area contributed by atoms with E-state index in [9.17, 15) is 9.59 Å². The van der Waals surface area contributed by atoms with Crippen LogP contribution in [-0.4, -0.2) is 53.9 Å². The van der Waals surface area contributed by atoms with E-state index in [1.807, 2.05) is 42.2 Å². The average Bonchev–Trinajstić information content (AvgIpc) is 3.43. The van der Waals surface area contributed by atoms with Gasteiger partial charge in [-0.1, -0.05) is 68.1 Å². The highest BCUT2D eigenvalue weighted by Crippen LogP contribution is 2.29. The Balaban J connectivity index is 1.64. The minimum Gasteiger partial charge on any atom is -0.491 e. The van der Waals surface area contributed by atoms with Gasteiger partial charge in [0, 0.05) is 25.6 Å². The van der Waals surface area contributed by atoms with Crippen LogP contribution in [0.4, 0.5) is 0 Å². The van der Waals surface area contributed by atoms with Crippen LogP contribution >= 0.6 is 0 Å². The first-order valence-corrected chi connectivity index (χ1v) is 13.5. The summed E-state index contributed by atoms with van der Waals surface area (Å²) in [7, 11) is 0. The molecular weight excluding hydrogens is 436 g/mol. The van der Waals surface area contributed by atoms with Crippen molar-refractivity contribution in [2.75, 3.05) is 26.2 Å². The lowest BCUT2D eigenvalue weighted by molar-refractivity contribution is -0.138. The number of carbonyl (C=O) groups excluding carboxylic acids is 2. The number of hydrogen-bond donors (Lipinski definition) is 0. The van der Waals surface area contributed by atoms with E-state index in [0.29, 0.717) is 30.4 Å². The first-order chi connectivity index (χ1) is 17.2. The Labute approximate surface area is 210 Å². The van der Waals surface area contributed by atoms with Crippen LogP contribution in [0.1, 0.15) is 74.2 Å². The molecule has 35 heavy (non-hydrogen) atoms. The quantitative estimate of drug-likeness (QED) is 0.566. The van der Waals surface area contributed by atoms with E-state index >= 15 is 0 Å². The molecule has 1 saturated carbocycles. The van der Waals surface area contributed by atoms with Crippen molar-refractivity contribution < 1.29 is 14.3 Å². The smallest absolute Gasteiger partial charge is 0.257 e. The van der Waals surface area contributed by atoms with E-state index in [1.165, 1.54) is 5.56 Å². The fourth-order valence-electron chi connectivity index (χ4n) is 5.49. The van der Waals surface area contributed by atoms with E-state index in [-0.39, 0.29) is 17.9 Å². The lowest BCUT2D eigenvalue weighted by Gasteiger charge is -2.34. The number of rotatable bonds is 4. The molecule has 1 aliphatic heterocycles. The Morgan fingerprint density at radius 1 is 0.886 bits per heavy atom. The van der Waals surface area contributed by atoms with E-state index < -0.39 is 0 Å². The van der Waals surface area contributed by atoms with E-state index in [4.69, 9.17) is 4.74 Å². The standard InChI is InChI=1S/C30H40N2O3/c1-2-31-20-12-3-4-13-21-32(29(33)25-16-8-9-17-25)26(22-24-14-6-5-7-15-24)23-35-28-19-11-10-18-27(28)30(31)34/h5-7,10-11,14-15,18-19,25-26H,2-4,8-9,12-13,16-17,20-23H2,1H3/t26-/m0/s1. The molecule has 0 radical (unpaired) electrons. The Morgan fingerprint density at radius 3 is 2.31 bits per heavy atom. The van der Waals surface area contributed by atoms with E-state index in [1.54, 1.807) is 0 Å².